The topological polar surface area (TPSA) is 125 Å². The van der Waals surface area contributed by atoms with Crippen molar-refractivity contribution in [1.29, 1.82) is 0 Å². The van der Waals surface area contributed by atoms with Crippen LogP contribution in [0.4, 0.5) is 5.82 Å². The number of nitrogens with two attached hydrogens (primary N) is 1. The molecule has 0 amide bonds. The summed E-state index contributed by atoms with van der Waals surface area (Å²) >= 11 is 3.80. The van der Waals surface area contributed by atoms with Gasteiger partial charge < -0.3 is 15.0 Å². The van der Waals surface area contributed by atoms with Gasteiger partial charge in [0.1, 0.15) is 12.1 Å². The lowest BCUT2D eigenvalue weighted by Gasteiger charge is -2.11. The fraction of sp³-hybridized carbons (Fsp3) is 0.421. The molecule has 2 aromatic heterocycles. The van der Waals surface area contributed by atoms with E-state index in [9.17, 15) is 8.42 Å². The molecule has 0 fully saturated rings. The maximum absolute atomic E-state index is 12.2. The normalized spacial score (nSPS) is 13.5. The van der Waals surface area contributed by atoms with E-state index in [1.165, 1.54) is 23.7 Å². The highest BCUT2D eigenvalue weighted by atomic mass is 127. The number of imidazole rings is 1. The van der Waals surface area contributed by atoms with Crippen LogP contribution in [0.2, 0.25) is 0 Å². The number of fused-ring (bicyclic) bond motifs is 2. The molecule has 3 aromatic rings. The van der Waals surface area contributed by atoms with Crippen molar-refractivity contribution in [3.63, 3.8) is 0 Å². The molecule has 9 nitrogen and oxygen atoms in total. The van der Waals surface area contributed by atoms with Gasteiger partial charge in [0, 0.05) is 28.0 Å². The smallest absolute Gasteiger partial charge is 0.211 e. The Morgan fingerprint density at radius 3 is 3.00 bits per heavy atom. The van der Waals surface area contributed by atoms with Gasteiger partial charge in [0.05, 0.1) is 12.4 Å². The Morgan fingerprint density at radius 1 is 1.35 bits per heavy atom. The summed E-state index contributed by atoms with van der Waals surface area (Å²) in [5.41, 5.74) is 8.35. The molecule has 1 aromatic carbocycles. The summed E-state index contributed by atoms with van der Waals surface area (Å²) in [5.74, 6) is 1.23. The summed E-state index contributed by atoms with van der Waals surface area (Å²) < 4.78 is 35.7. The van der Waals surface area contributed by atoms with Crippen molar-refractivity contribution in [2.75, 3.05) is 24.6 Å². The van der Waals surface area contributed by atoms with Crippen molar-refractivity contribution in [3.8, 4) is 5.75 Å². The van der Waals surface area contributed by atoms with Gasteiger partial charge in [-0.1, -0.05) is 18.7 Å². The number of ether oxygens (including phenoxy) is 1. The van der Waals surface area contributed by atoms with E-state index in [-0.39, 0.29) is 5.75 Å². The van der Waals surface area contributed by atoms with E-state index >= 15 is 0 Å². The van der Waals surface area contributed by atoms with Gasteiger partial charge in [-0.3, -0.25) is 0 Å². The number of sulfonamides is 1. The highest BCUT2D eigenvalue weighted by Gasteiger charge is 2.20. The van der Waals surface area contributed by atoms with Crippen molar-refractivity contribution in [1.82, 2.24) is 24.2 Å². The van der Waals surface area contributed by atoms with Crippen LogP contribution < -0.4 is 15.2 Å². The van der Waals surface area contributed by atoms with Crippen LogP contribution in [0.1, 0.15) is 25.3 Å². The summed E-state index contributed by atoms with van der Waals surface area (Å²) in [5, 5.41) is 0.692. The number of anilines is 1. The molecular formula is C19H23IN6O3S2. The first-order chi connectivity index (χ1) is 14.9. The second kappa shape index (κ2) is 9.46. The molecule has 1 aliphatic rings. The van der Waals surface area contributed by atoms with Crippen molar-refractivity contribution < 1.29 is 13.2 Å². The van der Waals surface area contributed by atoms with Crippen LogP contribution in [0.5, 0.6) is 5.75 Å². The largest absolute Gasteiger partial charge is 0.493 e. The first kappa shape index (κ1) is 22.6. The summed E-state index contributed by atoms with van der Waals surface area (Å²) in [6.07, 6.45) is 3.50. The molecule has 0 saturated heterocycles. The van der Waals surface area contributed by atoms with Gasteiger partial charge in [0.25, 0.3) is 0 Å². The van der Waals surface area contributed by atoms with Gasteiger partial charge in [0.2, 0.25) is 10.0 Å². The van der Waals surface area contributed by atoms with E-state index in [1.54, 1.807) is 0 Å². The van der Waals surface area contributed by atoms with E-state index in [2.05, 4.69) is 48.3 Å². The number of nitrogens with one attached hydrogen (secondary N) is 1. The molecule has 0 aliphatic carbocycles. The third kappa shape index (κ3) is 5.07. The van der Waals surface area contributed by atoms with Crippen LogP contribution in [-0.2, 0) is 23.0 Å². The number of aryl methyl sites for hydroxylation is 1. The predicted molar refractivity (Wildman–Crippen MR) is 129 cm³/mol. The third-order valence-electron chi connectivity index (χ3n) is 4.84. The Morgan fingerprint density at radius 2 is 2.19 bits per heavy atom. The molecule has 3 N–H and O–H groups in total. The zero-order chi connectivity index (χ0) is 22.0. The number of rotatable bonds is 9. The molecular weight excluding hydrogens is 551 g/mol. The lowest BCUT2D eigenvalue weighted by molar-refractivity contribution is 0.356. The summed E-state index contributed by atoms with van der Waals surface area (Å²) in [6, 6.07) is 4.17. The van der Waals surface area contributed by atoms with E-state index in [0.717, 1.165) is 27.1 Å². The van der Waals surface area contributed by atoms with Crippen molar-refractivity contribution in [3.05, 3.63) is 27.6 Å². The third-order valence-corrected chi connectivity index (χ3v) is 8.62. The molecule has 0 spiro atoms. The summed E-state index contributed by atoms with van der Waals surface area (Å²) in [6.45, 7) is 3.52. The standard InChI is InChI=1S/C19H23IN6O3S2/c1-2-5-24-31(27,28)8-3-6-26-18-16(17(21)22-11-23-18)25-19(26)30-15-10-14-12(4-7-29-14)9-13(15)20/h9-11,24H,2-8H2,1H3,(H2,21,22,23). The van der Waals surface area contributed by atoms with Gasteiger partial charge in [-0.25, -0.2) is 28.1 Å². The van der Waals surface area contributed by atoms with Gasteiger partial charge in [-0.15, -0.1) is 0 Å². The minimum absolute atomic E-state index is 0.0293. The maximum atomic E-state index is 12.2. The first-order valence-electron chi connectivity index (χ1n) is 9.95. The second-order valence-electron chi connectivity index (χ2n) is 7.13. The van der Waals surface area contributed by atoms with Crippen molar-refractivity contribution in [2.24, 2.45) is 0 Å². The summed E-state index contributed by atoms with van der Waals surface area (Å²) in [7, 11) is -3.31. The van der Waals surface area contributed by atoms with Crippen LogP contribution in [0.15, 0.2) is 28.5 Å². The Balaban J connectivity index is 1.62. The number of hydrogen-bond donors (Lipinski definition) is 2. The van der Waals surface area contributed by atoms with Crippen LogP contribution in [0, 0.1) is 3.57 Å². The monoisotopic (exact) mass is 574 g/mol. The highest BCUT2D eigenvalue weighted by molar-refractivity contribution is 14.1. The summed E-state index contributed by atoms with van der Waals surface area (Å²) in [4.78, 5) is 14.1. The molecule has 1 aliphatic heterocycles. The van der Waals surface area contributed by atoms with Gasteiger partial charge in [-0.05, 0) is 53.1 Å². The van der Waals surface area contributed by atoms with Crippen LogP contribution in [-0.4, -0.2) is 46.8 Å². The van der Waals surface area contributed by atoms with Crippen LogP contribution in [0.3, 0.4) is 0 Å². The molecule has 12 heteroatoms. The zero-order valence-corrected chi connectivity index (χ0v) is 20.8. The molecule has 0 bridgehead atoms. The SMILES string of the molecule is CCCNS(=O)(=O)CCCn1c(Sc2cc3c(cc2I)CCO3)nc2c(N)ncnc21. The fourth-order valence-electron chi connectivity index (χ4n) is 3.31. The van der Waals surface area contributed by atoms with Crippen LogP contribution >= 0.6 is 34.4 Å². The molecule has 31 heavy (non-hydrogen) atoms. The predicted octanol–water partition coefficient (Wildman–Crippen LogP) is 2.82. The number of halogens is 1. The van der Waals surface area contributed by atoms with E-state index < -0.39 is 10.0 Å². The molecule has 0 saturated carbocycles. The van der Waals surface area contributed by atoms with Crippen molar-refractivity contribution >= 4 is 61.4 Å². The van der Waals surface area contributed by atoms with E-state index in [0.29, 0.717) is 48.3 Å². The minimum atomic E-state index is -3.31. The van der Waals surface area contributed by atoms with Crippen molar-refractivity contribution in [2.45, 2.75) is 42.8 Å². The Bertz CT molecular complexity index is 1220. The number of nitrogens with zero attached hydrogens (tertiary/aromatic N) is 4. The minimum Gasteiger partial charge on any atom is -0.493 e. The van der Waals surface area contributed by atoms with Gasteiger partial charge in [-0.2, -0.15) is 0 Å². The number of aromatic nitrogens is 4. The number of hydrogen-bond acceptors (Lipinski definition) is 8. The zero-order valence-electron chi connectivity index (χ0n) is 17.0. The van der Waals surface area contributed by atoms with Gasteiger partial charge in [0.15, 0.2) is 22.1 Å². The Labute approximate surface area is 198 Å². The highest BCUT2D eigenvalue weighted by Crippen LogP contribution is 2.38. The Hall–Kier alpha value is -1.64. The number of benzene rings is 1. The number of nitrogen functional groups attached to an aromatic ring is 1. The quantitative estimate of drug-likeness (QED) is 0.374. The van der Waals surface area contributed by atoms with E-state index in [1.807, 2.05) is 17.6 Å². The van der Waals surface area contributed by atoms with Crippen LogP contribution in [0.25, 0.3) is 11.2 Å². The maximum Gasteiger partial charge on any atom is 0.211 e. The molecule has 166 valence electrons. The lowest BCUT2D eigenvalue weighted by Crippen LogP contribution is -2.27. The van der Waals surface area contributed by atoms with E-state index in [4.69, 9.17) is 10.5 Å². The first-order valence-corrected chi connectivity index (χ1v) is 13.5. The Kier molecular flexibility index (Phi) is 6.89. The molecule has 0 unspecified atom stereocenters. The molecule has 0 radical (unpaired) electrons. The molecule has 0 atom stereocenters. The fourth-order valence-corrected chi connectivity index (χ4v) is 6.28. The average Bonchev–Trinajstić information content (AvgIpc) is 3.32. The molecule has 4 rings (SSSR count). The molecule has 3 heterocycles. The lowest BCUT2D eigenvalue weighted by atomic mass is 10.2. The average molecular weight is 574 g/mol. The van der Waals surface area contributed by atoms with Gasteiger partial charge >= 0.3 is 0 Å². The second-order valence-corrected chi connectivity index (χ2v) is 11.2.